The molecule has 0 bridgehead atoms. The second-order valence-electron chi connectivity index (χ2n) is 5.19. The van der Waals surface area contributed by atoms with Crippen LogP contribution in [0.1, 0.15) is 30.0 Å². The average molecular weight is 305 g/mol. The van der Waals surface area contributed by atoms with Gasteiger partial charge in [-0.1, -0.05) is 41.9 Å². The number of hydrogen-bond acceptors (Lipinski definition) is 4. The summed E-state index contributed by atoms with van der Waals surface area (Å²) >= 11 is 5.97. The number of hydrogen-bond donors (Lipinski definition) is 0. The molecule has 110 valence electrons. The van der Waals surface area contributed by atoms with Crippen LogP contribution in [0.15, 0.2) is 36.4 Å². The molecule has 0 radical (unpaired) electrons. The second-order valence-corrected chi connectivity index (χ2v) is 5.58. The smallest absolute Gasteiger partial charge is 0.317 e. The zero-order valence-electron chi connectivity index (χ0n) is 11.8. The van der Waals surface area contributed by atoms with Gasteiger partial charge >= 0.3 is 6.01 Å². The molecular formula is C16H17ClN2O2. The molecule has 0 N–H and O–H groups in total. The second kappa shape index (κ2) is 6.41. The van der Waals surface area contributed by atoms with E-state index in [4.69, 9.17) is 21.1 Å². The van der Waals surface area contributed by atoms with Crippen molar-refractivity contribution in [2.24, 2.45) is 0 Å². The molecule has 0 unspecified atom stereocenters. The van der Waals surface area contributed by atoms with Crippen LogP contribution in [0.5, 0.6) is 6.01 Å². The van der Waals surface area contributed by atoms with Gasteiger partial charge in [-0.25, -0.2) is 0 Å². The SMILES string of the molecule is COc1nc(Cl)cc([C@H]2C[C@@H](OCc3ccccc3)C2)n1. The van der Waals surface area contributed by atoms with Crippen molar-refractivity contribution in [1.82, 2.24) is 9.97 Å². The molecule has 0 saturated heterocycles. The van der Waals surface area contributed by atoms with Gasteiger partial charge in [0, 0.05) is 5.92 Å². The summed E-state index contributed by atoms with van der Waals surface area (Å²) in [6, 6.07) is 12.3. The summed E-state index contributed by atoms with van der Waals surface area (Å²) < 4.78 is 10.9. The molecular weight excluding hydrogens is 288 g/mol. The Morgan fingerprint density at radius 1 is 1.19 bits per heavy atom. The normalized spacial score (nSPS) is 20.9. The summed E-state index contributed by atoms with van der Waals surface area (Å²) in [4.78, 5) is 8.34. The Kier molecular flexibility index (Phi) is 4.36. The van der Waals surface area contributed by atoms with Gasteiger partial charge in [0.1, 0.15) is 5.15 Å². The third kappa shape index (κ3) is 3.52. The first-order chi connectivity index (χ1) is 10.2. The van der Waals surface area contributed by atoms with Crippen LogP contribution in [0.2, 0.25) is 5.15 Å². The number of methoxy groups -OCH3 is 1. The maximum absolute atomic E-state index is 5.97. The average Bonchev–Trinajstić information content (AvgIpc) is 2.46. The lowest BCUT2D eigenvalue weighted by molar-refractivity contribution is -0.0215. The first-order valence-corrected chi connectivity index (χ1v) is 7.36. The Morgan fingerprint density at radius 3 is 2.67 bits per heavy atom. The van der Waals surface area contributed by atoms with Gasteiger partial charge in [-0.3, -0.25) is 0 Å². The Labute approximate surface area is 129 Å². The summed E-state index contributed by atoms with van der Waals surface area (Å²) in [5, 5.41) is 0.422. The lowest BCUT2D eigenvalue weighted by Crippen LogP contribution is -2.30. The molecule has 0 spiro atoms. The highest BCUT2D eigenvalue weighted by atomic mass is 35.5. The van der Waals surface area contributed by atoms with Crippen molar-refractivity contribution in [1.29, 1.82) is 0 Å². The van der Waals surface area contributed by atoms with Crippen molar-refractivity contribution in [3.63, 3.8) is 0 Å². The monoisotopic (exact) mass is 304 g/mol. The predicted molar refractivity (Wildman–Crippen MR) is 80.6 cm³/mol. The Hall–Kier alpha value is -1.65. The van der Waals surface area contributed by atoms with E-state index in [9.17, 15) is 0 Å². The van der Waals surface area contributed by atoms with Gasteiger partial charge in [-0.05, 0) is 24.5 Å². The van der Waals surface area contributed by atoms with Crippen LogP contribution in [-0.4, -0.2) is 23.2 Å². The molecule has 1 aliphatic rings. The summed E-state index contributed by atoms with van der Waals surface area (Å²) in [6.07, 6.45) is 2.21. The summed E-state index contributed by atoms with van der Waals surface area (Å²) in [7, 11) is 1.54. The maximum Gasteiger partial charge on any atom is 0.317 e. The zero-order valence-corrected chi connectivity index (χ0v) is 12.6. The van der Waals surface area contributed by atoms with E-state index in [1.54, 1.807) is 7.11 Å². The minimum atomic E-state index is 0.287. The molecule has 1 aliphatic carbocycles. The highest BCUT2D eigenvalue weighted by molar-refractivity contribution is 6.29. The maximum atomic E-state index is 5.97. The van der Waals surface area contributed by atoms with Crippen LogP contribution in [-0.2, 0) is 11.3 Å². The van der Waals surface area contributed by atoms with Crippen molar-refractivity contribution >= 4 is 11.6 Å². The van der Waals surface area contributed by atoms with Gasteiger partial charge in [0.15, 0.2) is 0 Å². The Bertz CT molecular complexity index is 600. The van der Waals surface area contributed by atoms with E-state index in [0.717, 1.165) is 18.5 Å². The number of ether oxygens (including phenoxy) is 2. The van der Waals surface area contributed by atoms with Crippen LogP contribution in [0.4, 0.5) is 0 Å². The minimum Gasteiger partial charge on any atom is -0.467 e. The van der Waals surface area contributed by atoms with Gasteiger partial charge in [-0.15, -0.1) is 0 Å². The van der Waals surface area contributed by atoms with Gasteiger partial charge < -0.3 is 9.47 Å². The molecule has 1 aromatic carbocycles. The first-order valence-electron chi connectivity index (χ1n) is 6.98. The largest absolute Gasteiger partial charge is 0.467 e. The fourth-order valence-electron chi connectivity index (χ4n) is 2.45. The Morgan fingerprint density at radius 2 is 1.95 bits per heavy atom. The standard InChI is InChI=1S/C16H17ClN2O2/c1-20-16-18-14(9-15(17)19-16)12-7-13(8-12)21-10-11-5-3-2-4-6-11/h2-6,9,12-13H,7-8,10H2,1H3/t12-,13+. The topological polar surface area (TPSA) is 44.2 Å². The molecule has 1 saturated carbocycles. The minimum absolute atomic E-state index is 0.287. The molecule has 0 atom stereocenters. The van der Waals surface area contributed by atoms with E-state index in [0.29, 0.717) is 23.7 Å². The van der Waals surface area contributed by atoms with Crippen molar-refractivity contribution in [3.8, 4) is 6.01 Å². The third-order valence-electron chi connectivity index (χ3n) is 3.72. The molecule has 1 aromatic heterocycles. The van der Waals surface area contributed by atoms with Crippen molar-refractivity contribution in [2.45, 2.75) is 31.5 Å². The Balaban J connectivity index is 1.52. The van der Waals surface area contributed by atoms with Crippen LogP contribution in [0.3, 0.4) is 0 Å². The number of aromatic nitrogens is 2. The van der Waals surface area contributed by atoms with Crippen molar-refractivity contribution in [2.75, 3.05) is 7.11 Å². The van der Waals surface area contributed by atoms with Gasteiger partial charge in [0.2, 0.25) is 0 Å². The lowest BCUT2D eigenvalue weighted by Gasteiger charge is -2.34. The van der Waals surface area contributed by atoms with Gasteiger partial charge in [-0.2, -0.15) is 9.97 Å². The molecule has 4 nitrogen and oxygen atoms in total. The van der Waals surface area contributed by atoms with Crippen LogP contribution >= 0.6 is 11.6 Å². The molecule has 1 fully saturated rings. The summed E-state index contributed by atoms with van der Waals surface area (Å²) in [6.45, 7) is 0.659. The van der Waals surface area contributed by atoms with E-state index in [1.165, 1.54) is 5.56 Å². The fraction of sp³-hybridized carbons (Fsp3) is 0.375. The van der Waals surface area contributed by atoms with Gasteiger partial charge in [0.05, 0.1) is 25.5 Å². The molecule has 3 rings (SSSR count). The van der Waals surface area contributed by atoms with E-state index in [2.05, 4.69) is 22.1 Å². The fourth-order valence-corrected chi connectivity index (χ4v) is 2.63. The van der Waals surface area contributed by atoms with Crippen LogP contribution in [0.25, 0.3) is 0 Å². The number of rotatable bonds is 5. The highest BCUT2D eigenvalue weighted by Crippen LogP contribution is 2.39. The molecule has 1 heterocycles. The zero-order chi connectivity index (χ0) is 14.7. The summed E-state index contributed by atoms with van der Waals surface area (Å²) in [5.74, 6) is 0.375. The van der Waals surface area contributed by atoms with Gasteiger partial charge in [0.25, 0.3) is 0 Å². The molecule has 0 aliphatic heterocycles. The van der Waals surface area contributed by atoms with E-state index < -0.39 is 0 Å². The van der Waals surface area contributed by atoms with E-state index in [-0.39, 0.29) is 6.10 Å². The van der Waals surface area contributed by atoms with E-state index >= 15 is 0 Å². The lowest BCUT2D eigenvalue weighted by atomic mass is 9.80. The molecule has 2 aromatic rings. The number of halogens is 1. The van der Waals surface area contributed by atoms with Crippen LogP contribution < -0.4 is 4.74 Å². The predicted octanol–water partition coefficient (Wildman–Crippen LogP) is 3.60. The van der Waals surface area contributed by atoms with Crippen LogP contribution in [0, 0.1) is 0 Å². The first kappa shape index (κ1) is 14.3. The van der Waals surface area contributed by atoms with Crippen molar-refractivity contribution < 1.29 is 9.47 Å². The highest BCUT2D eigenvalue weighted by Gasteiger charge is 2.32. The molecule has 21 heavy (non-hydrogen) atoms. The summed E-state index contributed by atoms with van der Waals surface area (Å²) in [5.41, 5.74) is 2.14. The van der Waals surface area contributed by atoms with E-state index in [1.807, 2.05) is 24.3 Å². The third-order valence-corrected chi connectivity index (χ3v) is 3.91. The molecule has 0 amide bonds. The number of benzene rings is 1. The molecule has 5 heteroatoms. The quantitative estimate of drug-likeness (QED) is 0.792. The van der Waals surface area contributed by atoms with Crippen molar-refractivity contribution in [3.05, 3.63) is 52.8 Å². The number of nitrogens with zero attached hydrogens (tertiary/aromatic N) is 2.